The van der Waals surface area contributed by atoms with Crippen molar-refractivity contribution in [1.82, 2.24) is 0 Å². The summed E-state index contributed by atoms with van der Waals surface area (Å²) < 4.78 is 5.29. The van der Waals surface area contributed by atoms with Crippen molar-refractivity contribution in [2.24, 2.45) is 0 Å². The first-order valence-corrected chi connectivity index (χ1v) is 6.92. The van der Waals surface area contributed by atoms with Crippen molar-refractivity contribution in [2.75, 3.05) is 18.9 Å². The lowest BCUT2D eigenvalue weighted by Crippen LogP contribution is -2.28. The molecule has 0 aromatic rings. The van der Waals surface area contributed by atoms with Gasteiger partial charge >= 0.3 is 0 Å². The molecule has 0 radical (unpaired) electrons. The molecule has 0 aromatic carbocycles. The summed E-state index contributed by atoms with van der Waals surface area (Å²) in [7, 11) is 1.51. The van der Waals surface area contributed by atoms with Crippen molar-refractivity contribution >= 4 is 29.5 Å². The maximum Gasteiger partial charge on any atom is 0.196 e. The molecule has 0 aliphatic heterocycles. The molecule has 0 fully saturated rings. The van der Waals surface area contributed by atoms with E-state index in [2.05, 4.69) is 23.7 Å². The molecular formula is C14H18Cl2O2. The summed E-state index contributed by atoms with van der Waals surface area (Å²) >= 11 is 11.1. The van der Waals surface area contributed by atoms with Crippen LogP contribution in [-0.2, 0) is 9.53 Å². The SMILES string of the molecule is COC(C#CCCCCl)(C#CCCCCl)CC=O. The lowest BCUT2D eigenvalue weighted by Gasteiger charge is -2.17. The number of aldehydes is 1. The van der Waals surface area contributed by atoms with E-state index in [1.165, 1.54) is 7.11 Å². The molecule has 0 aliphatic carbocycles. The maximum absolute atomic E-state index is 10.7. The lowest BCUT2D eigenvalue weighted by molar-refractivity contribution is -0.110. The van der Waals surface area contributed by atoms with Gasteiger partial charge in [0, 0.05) is 31.7 Å². The van der Waals surface area contributed by atoms with Crippen molar-refractivity contribution in [3.8, 4) is 23.7 Å². The Hall–Kier alpha value is -0.670. The van der Waals surface area contributed by atoms with Crippen molar-refractivity contribution in [3.05, 3.63) is 0 Å². The van der Waals surface area contributed by atoms with Gasteiger partial charge < -0.3 is 9.53 Å². The van der Waals surface area contributed by atoms with Crippen LogP contribution in [0.5, 0.6) is 0 Å². The predicted octanol–water partition coefficient (Wildman–Crippen LogP) is 3.01. The van der Waals surface area contributed by atoms with Crippen molar-refractivity contribution in [2.45, 2.75) is 37.7 Å². The number of alkyl halides is 2. The molecule has 100 valence electrons. The highest BCUT2D eigenvalue weighted by atomic mass is 35.5. The average Bonchev–Trinajstić information content (AvgIpc) is 2.39. The molecule has 0 bridgehead atoms. The van der Waals surface area contributed by atoms with Crippen molar-refractivity contribution in [1.29, 1.82) is 0 Å². The van der Waals surface area contributed by atoms with E-state index in [-0.39, 0.29) is 6.42 Å². The smallest absolute Gasteiger partial charge is 0.196 e. The minimum absolute atomic E-state index is 0.144. The van der Waals surface area contributed by atoms with E-state index in [4.69, 9.17) is 27.9 Å². The maximum atomic E-state index is 10.7. The van der Waals surface area contributed by atoms with Crippen LogP contribution in [0.3, 0.4) is 0 Å². The van der Waals surface area contributed by atoms with Crippen LogP contribution in [0.15, 0.2) is 0 Å². The second-order valence-corrected chi connectivity index (χ2v) is 4.35. The molecule has 4 heteroatoms. The molecule has 0 rings (SSSR count). The molecule has 0 spiro atoms. The fourth-order valence-electron chi connectivity index (χ4n) is 1.16. The Morgan fingerprint density at radius 3 is 1.94 bits per heavy atom. The Morgan fingerprint density at radius 1 is 1.11 bits per heavy atom. The Balaban J connectivity index is 4.70. The number of methoxy groups -OCH3 is 1. The fourth-order valence-corrected chi connectivity index (χ4v) is 1.42. The van der Waals surface area contributed by atoms with Gasteiger partial charge in [0.25, 0.3) is 0 Å². The number of hydrogen-bond donors (Lipinski definition) is 0. The first-order chi connectivity index (χ1) is 8.74. The second kappa shape index (κ2) is 11.4. The molecule has 18 heavy (non-hydrogen) atoms. The highest BCUT2D eigenvalue weighted by Crippen LogP contribution is 2.12. The predicted molar refractivity (Wildman–Crippen MR) is 75.9 cm³/mol. The van der Waals surface area contributed by atoms with Crippen LogP contribution >= 0.6 is 23.2 Å². The second-order valence-electron chi connectivity index (χ2n) is 3.59. The quantitative estimate of drug-likeness (QED) is 0.312. The molecule has 0 aromatic heterocycles. The van der Waals surface area contributed by atoms with Crippen LogP contribution in [0.1, 0.15) is 32.1 Å². The standard InChI is InChI=1S/C14H18Cl2O2/c1-18-14(10-13-17,8-4-2-6-11-15)9-5-3-7-12-16/h13H,2-3,6-7,10-12H2,1H3. The Kier molecular flexibility index (Phi) is 11.0. The van der Waals surface area contributed by atoms with Gasteiger partial charge in [0.15, 0.2) is 5.60 Å². The van der Waals surface area contributed by atoms with Crippen LogP contribution in [0.2, 0.25) is 0 Å². The molecule has 0 heterocycles. The first-order valence-electron chi connectivity index (χ1n) is 5.85. The van der Waals surface area contributed by atoms with Crippen LogP contribution in [-0.4, -0.2) is 30.8 Å². The van der Waals surface area contributed by atoms with E-state index in [0.29, 0.717) is 24.6 Å². The highest BCUT2D eigenvalue weighted by molar-refractivity contribution is 6.18. The van der Waals surface area contributed by atoms with Gasteiger partial charge in [-0.1, -0.05) is 23.7 Å². The molecule has 0 saturated heterocycles. The number of rotatable bonds is 7. The topological polar surface area (TPSA) is 26.3 Å². The third kappa shape index (κ3) is 7.62. The van der Waals surface area contributed by atoms with E-state index in [1.54, 1.807) is 0 Å². The average molecular weight is 289 g/mol. The van der Waals surface area contributed by atoms with E-state index in [1.807, 2.05) is 0 Å². The molecule has 0 atom stereocenters. The molecule has 0 N–H and O–H groups in total. The van der Waals surface area contributed by atoms with Gasteiger partial charge in [0.05, 0.1) is 6.42 Å². The van der Waals surface area contributed by atoms with Crippen LogP contribution < -0.4 is 0 Å². The van der Waals surface area contributed by atoms with Crippen molar-refractivity contribution < 1.29 is 9.53 Å². The van der Waals surface area contributed by atoms with E-state index in [9.17, 15) is 4.79 Å². The number of ether oxygens (including phenoxy) is 1. The van der Waals surface area contributed by atoms with Gasteiger partial charge in [0.1, 0.15) is 6.29 Å². The normalized spacial score (nSPS) is 9.94. The van der Waals surface area contributed by atoms with Gasteiger partial charge in [-0.05, 0) is 12.8 Å². The summed E-state index contributed by atoms with van der Waals surface area (Å²) in [5.74, 6) is 12.9. The summed E-state index contributed by atoms with van der Waals surface area (Å²) in [6, 6.07) is 0. The minimum atomic E-state index is -0.986. The number of carbonyl (C=O) groups is 1. The van der Waals surface area contributed by atoms with Crippen LogP contribution in [0, 0.1) is 23.7 Å². The third-order valence-electron chi connectivity index (χ3n) is 2.17. The largest absolute Gasteiger partial charge is 0.354 e. The van der Waals surface area contributed by atoms with Gasteiger partial charge in [-0.25, -0.2) is 0 Å². The van der Waals surface area contributed by atoms with Crippen LogP contribution in [0.4, 0.5) is 0 Å². The zero-order valence-electron chi connectivity index (χ0n) is 10.6. The highest BCUT2D eigenvalue weighted by Gasteiger charge is 2.23. The summed E-state index contributed by atoms with van der Waals surface area (Å²) in [6.07, 6.45) is 3.90. The number of carbonyl (C=O) groups excluding carboxylic acids is 1. The van der Waals surface area contributed by atoms with Gasteiger partial charge in [-0.3, -0.25) is 0 Å². The lowest BCUT2D eigenvalue weighted by atomic mass is 10.0. The molecule has 0 amide bonds. The van der Waals surface area contributed by atoms with Gasteiger partial charge in [-0.2, -0.15) is 0 Å². The zero-order valence-corrected chi connectivity index (χ0v) is 12.1. The third-order valence-corrected chi connectivity index (χ3v) is 2.71. The molecule has 0 saturated carbocycles. The monoisotopic (exact) mass is 288 g/mol. The molecule has 0 aliphatic rings. The summed E-state index contributed by atoms with van der Waals surface area (Å²) in [6.45, 7) is 0. The van der Waals surface area contributed by atoms with E-state index in [0.717, 1.165) is 19.1 Å². The van der Waals surface area contributed by atoms with Gasteiger partial charge in [-0.15, -0.1) is 23.2 Å². The molecule has 0 unspecified atom stereocenters. The van der Waals surface area contributed by atoms with Gasteiger partial charge in [0.2, 0.25) is 0 Å². The zero-order chi connectivity index (χ0) is 13.7. The number of unbranched alkanes of at least 4 members (excludes halogenated alkanes) is 2. The summed E-state index contributed by atoms with van der Waals surface area (Å²) in [4.78, 5) is 10.7. The van der Waals surface area contributed by atoms with Crippen LogP contribution in [0.25, 0.3) is 0 Å². The summed E-state index contributed by atoms with van der Waals surface area (Å²) in [5, 5.41) is 0. The Bertz CT molecular complexity index is 318. The fraction of sp³-hybridized carbons (Fsp3) is 0.643. The van der Waals surface area contributed by atoms with E-state index < -0.39 is 5.60 Å². The van der Waals surface area contributed by atoms with Crippen molar-refractivity contribution in [3.63, 3.8) is 0 Å². The Morgan fingerprint density at radius 2 is 1.61 bits per heavy atom. The van der Waals surface area contributed by atoms with E-state index >= 15 is 0 Å². The number of hydrogen-bond acceptors (Lipinski definition) is 2. The molecular weight excluding hydrogens is 271 g/mol. The first kappa shape index (κ1) is 17.3. The minimum Gasteiger partial charge on any atom is -0.354 e. The number of halogens is 2. The Labute approximate surface area is 119 Å². The molecule has 2 nitrogen and oxygen atoms in total. The summed E-state index contributed by atoms with van der Waals surface area (Å²) in [5.41, 5.74) is -0.986.